The lowest BCUT2D eigenvalue weighted by Crippen LogP contribution is -1.99. The summed E-state index contributed by atoms with van der Waals surface area (Å²) in [7, 11) is 0. The summed E-state index contributed by atoms with van der Waals surface area (Å²) in [5.74, 6) is -1.40. The van der Waals surface area contributed by atoms with Crippen molar-refractivity contribution in [2.75, 3.05) is 5.73 Å². The Morgan fingerprint density at radius 1 is 1.56 bits per heavy atom. The molecule has 1 heterocycles. The van der Waals surface area contributed by atoms with Crippen LogP contribution in [0.4, 0.5) is 5.69 Å². The Labute approximate surface area is 96.6 Å². The van der Waals surface area contributed by atoms with E-state index >= 15 is 0 Å². The number of carbonyl (C=O) groups is 1. The highest BCUT2D eigenvalue weighted by molar-refractivity contribution is 6.32. The zero-order valence-corrected chi connectivity index (χ0v) is 9.34. The molecule has 5 heteroatoms. The van der Waals surface area contributed by atoms with Crippen LogP contribution in [0.3, 0.4) is 0 Å². The number of aryl methyl sites for hydroxylation is 1. The van der Waals surface area contributed by atoms with Crippen LogP contribution in [0.1, 0.15) is 23.0 Å². The quantitative estimate of drug-likeness (QED) is 0.845. The summed E-state index contributed by atoms with van der Waals surface area (Å²) in [5.41, 5.74) is 7.16. The number of fused-ring (bicyclic) bond motifs is 1. The van der Waals surface area contributed by atoms with Crippen LogP contribution in [0.5, 0.6) is 0 Å². The van der Waals surface area contributed by atoms with Gasteiger partial charge in [0.1, 0.15) is 5.58 Å². The molecule has 0 radical (unpaired) electrons. The second kappa shape index (κ2) is 3.72. The number of hydrogen-bond donors (Lipinski definition) is 2. The molecule has 0 saturated carbocycles. The van der Waals surface area contributed by atoms with Gasteiger partial charge in [0, 0.05) is 10.4 Å². The average molecular weight is 240 g/mol. The highest BCUT2D eigenvalue weighted by Crippen LogP contribution is 2.35. The number of nitrogens with two attached hydrogens (primary N) is 1. The third kappa shape index (κ3) is 1.42. The summed E-state index contributed by atoms with van der Waals surface area (Å²) in [5, 5.41) is 10.1. The SMILES string of the molecule is CCc1c(Cl)ccc2oc(C(=O)O)c(N)c12. The van der Waals surface area contributed by atoms with E-state index in [4.69, 9.17) is 26.9 Å². The monoisotopic (exact) mass is 239 g/mol. The van der Waals surface area contributed by atoms with Crippen LogP contribution in [0.15, 0.2) is 16.5 Å². The molecule has 0 aliphatic carbocycles. The van der Waals surface area contributed by atoms with Crippen molar-refractivity contribution >= 4 is 34.2 Å². The molecule has 2 aromatic rings. The van der Waals surface area contributed by atoms with Crippen molar-refractivity contribution in [2.45, 2.75) is 13.3 Å². The Hall–Kier alpha value is -1.68. The first-order valence-corrected chi connectivity index (χ1v) is 5.16. The van der Waals surface area contributed by atoms with Gasteiger partial charge in [-0.3, -0.25) is 0 Å². The van der Waals surface area contributed by atoms with Crippen LogP contribution in [-0.4, -0.2) is 11.1 Å². The number of carboxylic acid groups (broad SMARTS) is 1. The molecule has 0 aliphatic rings. The average Bonchev–Trinajstić information content (AvgIpc) is 2.57. The fraction of sp³-hybridized carbons (Fsp3) is 0.182. The Kier molecular flexibility index (Phi) is 2.52. The standard InChI is InChI=1S/C11H10ClNO3/c1-2-5-6(12)3-4-7-8(5)9(13)10(16-7)11(14)15/h3-4H,2,13H2,1H3,(H,14,15). The number of halogens is 1. The highest BCUT2D eigenvalue weighted by atomic mass is 35.5. The summed E-state index contributed by atoms with van der Waals surface area (Å²) < 4.78 is 5.17. The van der Waals surface area contributed by atoms with Crippen LogP contribution < -0.4 is 5.73 Å². The van der Waals surface area contributed by atoms with Crippen LogP contribution >= 0.6 is 11.6 Å². The van der Waals surface area contributed by atoms with Crippen molar-refractivity contribution in [1.82, 2.24) is 0 Å². The minimum Gasteiger partial charge on any atom is -0.475 e. The largest absolute Gasteiger partial charge is 0.475 e. The third-order valence-corrected chi connectivity index (χ3v) is 2.85. The molecule has 4 nitrogen and oxygen atoms in total. The molecule has 2 rings (SSSR count). The molecule has 3 N–H and O–H groups in total. The zero-order chi connectivity index (χ0) is 11.9. The number of rotatable bonds is 2. The van der Waals surface area contributed by atoms with Gasteiger partial charge < -0.3 is 15.3 Å². The van der Waals surface area contributed by atoms with E-state index in [9.17, 15) is 4.79 Å². The van der Waals surface area contributed by atoms with Gasteiger partial charge in [-0.15, -0.1) is 0 Å². The first-order chi connectivity index (χ1) is 7.56. The second-order valence-corrected chi connectivity index (χ2v) is 3.81. The number of furan rings is 1. The van der Waals surface area contributed by atoms with E-state index in [0.717, 1.165) is 5.56 Å². The summed E-state index contributed by atoms with van der Waals surface area (Å²) in [6, 6.07) is 3.30. The van der Waals surface area contributed by atoms with Crippen LogP contribution in [-0.2, 0) is 6.42 Å². The smallest absolute Gasteiger partial charge is 0.374 e. The zero-order valence-electron chi connectivity index (χ0n) is 8.58. The van der Waals surface area contributed by atoms with Crippen molar-refractivity contribution < 1.29 is 14.3 Å². The molecular formula is C11H10ClNO3. The molecule has 0 unspecified atom stereocenters. The molecule has 1 aromatic heterocycles. The van der Waals surface area contributed by atoms with Crippen molar-refractivity contribution in [1.29, 1.82) is 0 Å². The highest BCUT2D eigenvalue weighted by Gasteiger charge is 2.20. The molecule has 0 amide bonds. The molecule has 84 valence electrons. The van der Waals surface area contributed by atoms with E-state index < -0.39 is 5.97 Å². The lowest BCUT2D eigenvalue weighted by molar-refractivity contribution is 0.0666. The maximum Gasteiger partial charge on any atom is 0.374 e. The second-order valence-electron chi connectivity index (χ2n) is 3.40. The molecule has 16 heavy (non-hydrogen) atoms. The van der Waals surface area contributed by atoms with E-state index in [-0.39, 0.29) is 11.4 Å². The fourth-order valence-electron chi connectivity index (χ4n) is 1.76. The molecule has 0 bridgehead atoms. The van der Waals surface area contributed by atoms with Gasteiger partial charge >= 0.3 is 5.97 Å². The van der Waals surface area contributed by atoms with Gasteiger partial charge in [0.25, 0.3) is 0 Å². The van der Waals surface area contributed by atoms with Gasteiger partial charge in [-0.05, 0) is 24.1 Å². The minimum absolute atomic E-state index is 0.141. The maximum absolute atomic E-state index is 10.9. The van der Waals surface area contributed by atoms with E-state index in [1.54, 1.807) is 12.1 Å². The number of hydrogen-bond acceptors (Lipinski definition) is 3. The van der Waals surface area contributed by atoms with Crippen LogP contribution in [0.25, 0.3) is 11.0 Å². The number of nitrogen functional groups attached to an aromatic ring is 1. The maximum atomic E-state index is 10.9. The van der Waals surface area contributed by atoms with Crippen molar-refractivity contribution in [3.05, 3.63) is 28.5 Å². The van der Waals surface area contributed by atoms with Crippen LogP contribution in [0.2, 0.25) is 5.02 Å². The van der Waals surface area contributed by atoms with Crippen molar-refractivity contribution in [3.63, 3.8) is 0 Å². The Balaban J connectivity index is 2.87. The van der Waals surface area contributed by atoms with Gasteiger partial charge in [-0.25, -0.2) is 4.79 Å². The van der Waals surface area contributed by atoms with Crippen molar-refractivity contribution in [3.8, 4) is 0 Å². The number of carboxylic acids is 1. The van der Waals surface area contributed by atoms with E-state index in [2.05, 4.69) is 0 Å². The molecule has 0 atom stereocenters. The number of aromatic carboxylic acids is 1. The summed E-state index contributed by atoms with van der Waals surface area (Å²) >= 11 is 6.02. The minimum atomic E-state index is -1.17. The molecular weight excluding hydrogens is 230 g/mol. The van der Waals surface area contributed by atoms with Gasteiger partial charge in [0.2, 0.25) is 5.76 Å². The predicted octanol–water partition coefficient (Wildman–Crippen LogP) is 2.93. The Morgan fingerprint density at radius 3 is 2.81 bits per heavy atom. The normalized spacial score (nSPS) is 10.9. The molecule has 0 spiro atoms. The topological polar surface area (TPSA) is 76.5 Å². The Bertz CT molecular complexity index is 574. The van der Waals surface area contributed by atoms with Gasteiger partial charge in [-0.2, -0.15) is 0 Å². The molecule has 1 aromatic carbocycles. The fourth-order valence-corrected chi connectivity index (χ4v) is 2.06. The van der Waals surface area contributed by atoms with E-state index in [0.29, 0.717) is 22.4 Å². The number of anilines is 1. The van der Waals surface area contributed by atoms with E-state index in [1.807, 2.05) is 6.92 Å². The molecule has 0 aliphatic heterocycles. The van der Waals surface area contributed by atoms with Gasteiger partial charge in [-0.1, -0.05) is 18.5 Å². The number of benzene rings is 1. The summed E-state index contributed by atoms with van der Waals surface area (Å²) in [6.45, 7) is 1.92. The molecule has 0 saturated heterocycles. The van der Waals surface area contributed by atoms with E-state index in [1.165, 1.54) is 0 Å². The first-order valence-electron chi connectivity index (χ1n) is 4.78. The predicted molar refractivity (Wildman–Crippen MR) is 62.0 cm³/mol. The van der Waals surface area contributed by atoms with Crippen molar-refractivity contribution in [2.24, 2.45) is 0 Å². The summed E-state index contributed by atoms with van der Waals surface area (Å²) in [4.78, 5) is 10.9. The first kappa shape index (κ1) is 10.8. The van der Waals surface area contributed by atoms with Gasteiger partial charge in [0.15, 0.2) is 0 Å². The Morgan fingerprint density at radius 2 is 2.25 bits per heavy atom. The molecule has 0 fully saturated rings. The van der Waals surface area contributed by atoms with Gasteiger partial charge in [0.05, 0.1) is 5.69 Å². The summed E-state index contributed by atoms with van der Waals surface area (Å²) in [6.07, 6.45) is 0.666. The van der Waals surface area contributed by atoms with Crippen LogP contribution in [0, 0.1) is 0 Å². The third-order valence-electron chi connectivity index (χ3n) is 2.49. The lowest BCUT2D eigenvalue weighted by Gasteiger charge is -2.02. The lowest BCUT2D eigenvalue weighted by atomic mass is 10.1.